The first-order chi connectivity index (χ1) is 9.08. The van der Waals surface area contributed by atoms with Crippen molar-refractivity contribution in [2.45, 2.75) is 33.1 Å². The topological polar surface area (TPSA) is 30.5 Å². The highest BCUT2D eigenvalue weighted by Gasteiger charge is 2.13. The van der Waals surface area contributed by atoms with E-state index in [4.69, 9.17) is 32.7 Å². The molecule has 0 spiro atoms. The summed E-state index contributed by atoms with van der Waals surface area (Å²) in [5, 5.41) is 4.73. The first kappa shape index (κ1) is 16.7. The van der Waals surface area contributed by atoms with Gasteiger partial charge in [0.1, 0.15) is 0 Å². The minimum absolute atomic E-state index is 0.0783. The monoisotopic (exact) mass is 305 g/mol. The van der Waals surface area contributed by atoms with Crippen LogP contribution in [-0.4, -0.2) is 26.0 Å². The van der Waals surface area contributed by atoms with Crippen molar-refractivity contribution in [1.29, 1.82) is 0 Å². The second-order valence-electron chi connectivity index (χ2n) is 4.14. The third kappa shape index (κ3) is 5.67. The predicted octanol–water partition coefficient (Wildman–Crippen LogP) is 4.04. The molecule has 1 aromatic rings. The van der Waals surface area contributed by atoms with Gasteiger partial charge in [0.15, 0.2) is 6.29 Å². The number of nitrogens with one attached hydrogen (secondary N) is 1. The third-order valence-electron chi connectivity index (χ3n) is 2.72. The summed E-state index contributed by atoms with van der Waals surface area (Å²) >= 11 is 12.2. The number of hydrogen-bond donors (Lipinski definition) is 1. The van der Waals surface area contributed by atoms with Crippen LogP contribution in [0.3, 0.4) is 0 Å². The third-order valence-corrected chi connectivity index (χ3v) is 3.30. The standard InChI is InChI=1S/C14H21Cl2NO2/c1-4-18-14(19-5-2)9-17-10(3)12-8-11(15)6-7-13(12)16/h6-8,10,14,17H,4-5,9H2,1-3H3. The van der Waals surface area contributed by atoms with Gasteiger partial charge in [0, 0.05) is 35.8 Å². The van der Waals surface area contributed by atoms with E-state index in [1.807, 2.05) is 26.8 Å². The molecule has 0 aliphatic carbocycles. The van der Waals surface area contributed by atoms with Gasteiger partial charge in [-0.05, 0) is 44.5 Å². The quantitative estimate of drug-likeness (QED) is 0.735. The lowest BCUT2D eigenvalue weighted by Crippen LogP contribution is -2.33. The summed E-state index contributed by atoms with van der Waals surface area (Å²) < 4.78 is 11.0. The number of rotatable bonds is 8. The summed E-state index contributed by atoms with van der Waals surface area (Å²) in [5.41, 5.74) is 0.973. The van der Waals surface area contributed by atoms with Crippen molar-refractivity contribution >= 4 is 23.2 Å². The number of benzene rings is 1. The SMILES string of the molecule is CCOC(CNC(C)c1cc(Cl)ccc1Cl)OCC. The van der Waals surface area contributed by atoms with Crippen LogP contribution in [0.15, 0.2) is 18.2 Å². The Labute approximate surface area is 125 Å². The largest absolute Gasteiger partial charge is 0.352 e. The second kappa shape index (κ2) is 8.77. The van der Waals surface area contributed by atoms with Gasteiger partial charge in [0.2, 0.25) is 0 Å². The molecule has 19 heavy (non-hydrogen) atoms. The molecule has 1 unspecified atom stereocenters. The Morgan fingerprint density at radius 1 is 1.16 bits per heavy atom. The molecule has 0 radical (unpaired) electrons. The maximum Gasteiger partial charge on any atom is 0.169 e. The van der Waals surface area contributed by atoms with Gasteiger partial charge < -0.3 is 14.8 Å². The second-order valence-corrected chi connectivity index (χ2v) is 4.98. The van der Waals surface area contributed by atoms with Crippen LogP contribution in [0.2, 0.25) is 10.0 Å². The fourth-order valence-electron chi connectivity index (χ4n) is 1.77. The van der Waals surface area contributed by atoms with Crippen LogP contribution < -0.4 is 5.32 Å². The van der Waals surface area contributed by atoms with Crippen molar-refractivity contribution in [2.24, 2.45) is 0 Å². The van der Waals surface area contributed by atoms with Crippen molar-refractivity contribution in [3.63, 3.8) is 0 Å². The normalized spacial score (nSPS) is 12.9. The van der Waals surface area contributed by atoms with E-state index < -0.39 is 0 Å². The van der Waals surface area contributed by atoms with Gasteiger partial charge in [0.25, 0.3) is 0 Å². The van der Waals surface area contributed by atoms with E-state index in [0.717, 1.165) is 5.56 Å². The number of ether oxygens (including phenoxy) is 2. The molecule has 0 amide bonds. The van der Waals surface area contributed by atoms with E-state index in [1.54, 1.807) is 12.1 Å². The van der Waals surface area contributed by atoms with E-state index in [-0.39, 0.29) is 12.3 Å². The van der Waals surface area contributed by atoms with Crippen LogP contribution in [0.5, 0.6) is 0 Å². The van der Waals surface area contributed by atoms with Crippen LogP contribution in [-0.2, 0) is 9.47 Å². The molecule has 108 valence electrons. The van der Waals surface area contributed by atoms with Crippen LogP contribution in [0.1, 0.15) is 32.4 Å². The first-order valence-corrected chi connectivity index (χ1v) is 7.25. The molecular formula is C14H21Cl2NO2. The Balaban J connectivity index is 2.58. The maximum absolute atomic E-state index is 6.17. The smallest absolute Gasteiger partial charge is 0.169 e. The lowest BCUT2D eigenvalue weighted by molar-refractivity contribution is -0.133. The zero-order chi connectivity index (χ0) is 14.3. The molecule has 0 aliphatic heterocycles. The minimum atomic E-state index is -0.240. The molecule has 0 saturated heterocycles. The molecule has 0 heterocycles. The van der Waals surface area contributed by atoms with Crippen LogP contribution in [0, 0.1) is 0 Å². The summed E-state index contributed by atoms with van der Waals surface area (Å²) in [5.74, 6) is 0. The van der Waals surface area contributed by atoms with Gasteiger partial charge in [0.05, 0.1) is 0 Å². The van der Waals surface area contributed by atoms with Crippen molar-refractivity contribution in [3.8, 4) is 0 Å². The predicted molar refractivity (Wildman–Crippen MR) is 79.9 cm³/mol. The van der Waals surface area contributed by atoms with Gasteiger partial charge >= 0.3 is 0 Å². The van der Waals surface area contributed by atoms with Crippen molar-refractivity contribution in [3.05, 3.63) is 33.8 Å². The molecule has 0 fully saturated rings. The Kier molecular flexibility index (Phi) is 7.73. The summed E-state index contributed by atoms with van der Waals surface area (Å²) in [7, 11) is 0. The Hall–Kier alpha value is -0.320. The van der Waals surface area contributed by atoms with E-state index in [0.29, 0.717) is 29.8 Å². The maximum atomic E-state index is 6.17. The summed E-state index contributed by atoms with van der Waals surface area (Å²) in [6, 6.07) is 5.54. The molecule has 0 aromatic heterocycles. The lowest BCUT2D eigenvalue weighted by atomic mass is 10.1. The zero-order valence-corrected chi connectivity index (χ0v) is 13.1. The van der Waals surface area contributed by atoms with Crippen LogP contribution >= 0.6 is 23.2 Å². The fraction of sp³-hybridized carbons (Fsp3) is 0.571. The Bertz CT molecular complexity index is 382. The summed E-state index contributed by atoms with van der Waals surface area (Å²) in [6.45, 7) is 7.78. The van der Waals surface area contributed by atoms with Gasteiger partial charge in [-0.1, -0.05) is 23.2 Å². The van der Waals surface area contributed by atoms with Crippen molar-refractivity contribution < 1.29 is 9.47 Å². The molecule has 1 aromatic carbocycles. The molecule has 1 rings (SSSR count). The van der Waals surface area contributed by atoms with Gasteiger partial charge in [-0.3, -0.25) is 0 Å². The summed E-state index contributed by atoms with van der Waals surface area (Å²) in [6.07, 6.45) is -0.240. The van der Waals surface area contributed by atoms with Gasteiger partial charge in [-0.2, -0.15) is 0 Å². The molecule has 0 bridgehead atoms. The Morgan fingerprint density at radius 3 is 2.37 bits per heavy atom. The average Bonchev–Trinajstić information content (AvgIpc) is 2.39. The molecule has 0 aliphatic rings. The molecule has 5 heteroatoms. The van der Waals surface area contributed by atoms with E-state index in [9.17, 15) is 0 Å². The fourth-order valence-corrected chi connectivity index (χ4v) is 2.23. The molecule has 3 nitrogen and oxygen atoms in total. The first-order valence-electron chi connectivity index (χ1n) is 6.50. The van der Waals surface area contributed by atoms with Crippen molar-refractivity contribution in [1.82, 2.24) is 5.32 Å². The zero-order valence-electron chi connectivity index (χ0n) is 11.6. The van der Waals surface area contributed by atoms with E-state index in [1.165, 1.54) is 0 Å². The minimum Gasteiger partial charge on any atom is -0.352 e. The van der Waals surface area contributed by atoms with Gasteiger partial charge in [-0.25, -0.2) is 0 Å². The van der Waals surface area contributed by atoms with E-state index in [2.05, 4.69) is 5.32 Å². The molecular weight excluding hydrogens is 285 g/mol. The molecule has 0 saturated carbocycles. The van der Waals surface area contributed by atoms with Gasteiger partial charge in [-0.15, -0.1) is 0 Å². The van der Waals surface area contributed by atoms with Crippen LogP contribution in [0.4, 0.5) is 0 Å². The van der Waals surface area contributed by atoms with E-state index >= 15 is 0 Å². The highest BCUT2D eigenvalue weighted by molar-refractivity contribution is 6.33. The number of halogens is 2. The highest BCUT2D eigenvalue weighted by atomic mass is 35.5. The highest BCUT2D eigenvalue weighted by Crippen LogP contribution is 2.26. The Morgan fingerprint density at radius 2 is 1.79 bits per heavy atom. The van der Waals surface area contributed by atoms with Crippen molar-refractivity contribution in [2.75, 3.05) is 19.8 Å². The molecule has 1 atom stereocenters. The average molecular weight is 306 g/mol. The molecule has 1 N–H and O–H groups in total. The summed E-state index contributed by atoms with van der Waals surface area (Å²) in [4.78, 5) is 0. The lowest BCUT2D eigenvalue weighted by Gasteiger charge is -2.21. The number of hydrogen-bond acceptors (Lipinski definition) is 3. The van der Waals surface area contributed by atoms with Crippen LogP contribution in [0.25, 0.3) is 0 Å².